The highest BCUT2D eigenvalue weighted by Crippen LogP contribution is 2.21. The lowest BCUT2D eigenvalue weighted by Gasteiger charge is -2.24. The SMILES string of the molecule is CN(C)Cc1ccccc1CNC(=O)C(C)(N)c1ccc(Br)cc1. The predicted octanol–water partition coefficient (Wildman–Crippen LogP) is 3.00. The van der Waals surface area contributed by atoms with Gasteiger partial charge < -0.3 is 16.0 Å². The van der Waals surface area contributed by atoms with Crippen LogP contribution in [0.3, 0.4) is 0 Å². The number of amides is 1. The fourth-order valence-electron chi connectivity index (χ4n) is 2.51. The first kappa shape index (κ1) is 18.6. The van der Waals surface area contributed by atoms with Crippen molar-refractivity contribution in [1.82, 2.24) is 10.2 Å². The van der Waals surface area contributed by atoms with E-state index in [1.807, 2.05) is 56.6 Å². The molecule has 2 aromatic carbocycles. The summed E-state index contributed by atoms with van der Waals surface area (Å²) in [6.07, 6.45) is 0. The monoisotopic (exact) mass is 389 g/mol. The van der Waals surface area contributed by atoms with Crippen LogP contribution in [-0.4, -0.2) is 24.9 Å². The Morgan fingerprint density at radius 2 is 1.71 bits per heavy atom. The Morgan fingerprint density at radius 3 is 2.29 bits per heavy atom. The van der Waals surface area contributed by atoms with E-state index in [1.54, 1.807) is 6.92 Å². The fraction of sp³-hybridized carbons (Fsp3) is 0.316. The summed E-state index contributed by atoms with van der Waals surface area (Å²) in [5.41, 5.74) is 8.29. The van der Waals surface area contributed by atoms with Gasteiger partial charge in [-0.1, -0.05) is 52.3 Å². The van der Waals surface area contributed by atoms with Gasteiger partial charge >= 0.3 is 0 Å². The Hall–Kier alpha value is -1.69. The Kier molecular flexibility index (Phi) is 6.15. The topological polar surface area (TPSA) is 58.4 Å². The van der Waals surface area contributed by atoms with Crippen LogP contribution in [0.5, 0.6) is 0 Å². The van der Waals surface area contributed by atoms with E-state index in [0.717, 1.165) is 22.1 Å². The minimum atomic E-state index is -1.07. The largest absolute Gasteiger partial charge is 0.350 e. The van der Waals surface area contributed by atoms with E-state index in [9.17, 15) is 4.79 Å². The molecule has 0 aliphatic carbocycles. The number of carbonyl (C=O) groups excluding carboxylic acids is 1. The van der Waals surface area contributed by atoms with E-state index in [2.05, 4.69) is 32.2 Å². The van der Waals surface area contributed by atoms with Crippen molar-refractivity contribution in [3.63, 3.8) is 0 Å². The molecule has 0 bridgehead atoms. The van der Waals surface area contributed by atoms with Gasteiger partial charge in [0.05, 0.1) is 0 Å². The summed E-state index contributed by atoms with van der Waals surface area (Å²) in [6.45, 7) is 3.03. The third kappa shape index (κ3) is 4.66. The molecule has 24 heavy (non-hydrogen) atoms. The van der Waals surface area contributed by atoms with Crippen LogP contribution in [0.15, 0.2) is 53.0 Å². The highest BCUT2D eigenvalue weighted by atomic mass is 79.9. The molecule has 1 unspecified atom stereocenters. The molecule has 4 nitrogen and oxygen atoms in total. The summed E-state index contributed by atoms with van der Waals surface area (Å²) in [5.74, 6) is -0.190. The number of carbonyl (C=O) groups is 1. The average molecular weight is 390 g/mol. The smallest absolute Gasteiger partial charge is 0.244 e. The third-order valence-corrected chi connectivity index (χ3v) is 4.49. The molecule has 0 aliphatic heterocycles. The molecule has 5 heteroatoms. The first-order valence-electron chi connectivity index (χ1n) is 7.85. The van der Waals surface area contributed by atoms with Crippen molar-refractivity contribution in [3.8, 4) is 0 Å². The van der Waals surface area contributed by atoms with Crippen LogP contribution in [0, 0.1) is 0 Å². The second-order valence-electron chi connectivity index (χ2n) is 6.40. The molecule has 0 heterocycles. The lowest BCUT2D eigenvalue weighted by atomic mass is 9.92. The first-order valence-corrected chi connectivity index (χ1v) is 8.64. The zero-order valence-corrected chi connectivity index (χ0v) is 15.9. The molecular formula is C19H24BrN3O. The maximum atomic E-state index is 12.6. The van der Waals surface area contributed by atoms with Gasteiger partial charge in [-0.15, -0.1) is 0 Å². The van der Waals surface area contributed by atoms with E-state index in [1.165, 1.54) is 5.56 Å². The van der Waals surface area contributed by atoms with E-state index >= 15 is 0 Å². The van der Waals surface area contributed by atoms with E-state index in [4.69, 9.17) is 5.73 Å². The van der Waals surface area contributed by atoms with Gasteiger partial charge in [-0.3, -0.25) is 4.79 Å². The Morgan fingerprint density at radius 1 is 1.12 bits per heavy atom. The Balaban J connectivity index is 2.09. The van der Waals surface area contributed by atoms with Crippen LogP contribution < -0.4 is 11.1 Å². The summed E-state index contributed by atoms with van der Waals surface area (Å²) in [5, 5.41) is 2.97. The van der Waals surface area contributed by atoms with Crippen molar-refractivity contribution in [3.05, 3.63) is 69.7 Å². The van der Waals surface area contributed by atoms with Crippen molar-refractivity contribution in [2.75, 3.05) is 14.1 Å². The van der Waals surface area contributed by atoms with Crippen LogP contribution in [0.4, 0.5) is 0 Å². The molecule has 0 aliphatic rings. The van der Waals surface area contributed by atoms with Gasteiger partial charge in [-0.25, -0.2) is 0 Å². The van der Waals surface area contributed by atoms with E-state index < -0.39 is 5.54 Å². The van der Waals surface area contributed by atoms with Crippen molar-refractivity contribution in [2.24, 2.45) is 5.73 Å². The molecule has 0 saturated heterocycles. The van der Waals surface area contributed by atoms with Crippen molar-refractivity contribution >= 4 is 21.8 Å². The molecule has 0 aromatic heterocycles. The highest BCUT2D eigenvalue weighted by molar-refractivity contribution is 9.10. The van der Waals surface area contributed by atoms with E-state index in [0.29, 0.717) is 6.54 Å². The molecule has 0 saturated carbocycles. The van der Waals surface area contributed by atoms with Gasteiger partial charge in [0.15, 0.2) is 0 Å². The Labute approximate surface area is 152 Å². The molecule has 0 fully saturated rings. The van der Waals surface area contributed by atoms with Crippen LogP contribution in [0.1, 0.15) is 23.6 Å². The zero-order valence-electron chi connectivity index (χ0n) is 14.3. The lowest BCUT2D eigenvalue weighted by molar-refractivity contribution is -0.126. The van der Waals surface area contributed by atoms with E-state index in [-0.39, 0.29) is 5.91 Å². The average Bonchev–Trinajstić information content (AvgIpc) is 2.53. The number of hydrogen-bond acceptors (Lipinski definition) is 3. The van der Waals surface area contributed by atoms with Gasteiger partial charge in [0.25, 0.3) is 0 Å². The maximum absolute atomic E-state index is 12.6. The molecular weight excluding hydrogens is 366 g/mol. The van der Waals surface area contributed by atoms with Gasteiger partial charge in [-0.05, 0) is 49.8 Å². The van der Waals surface area contributed by atoms with Crippen LogP contribution in [-0.2, 0) is 23.4 Å². The summed E-state index contributed by atoms with van der Waals surface area (Å²) in [4.78, 5) is 14.7. The standard InChI is InChI=1S/C19H24BrN3O/c1-19(21,16-8-10-17(20)11-9-16)18(24)22-12-14-6-4-5-7-15(14)13-23(2)3/h4-11H,12-13,21H2,1-3H3,(H,22,24). The zero-order chi connectivity index (χ0) is 17.7. The molecule has 1 atom stereocenters. The number of nitrogens with zero attached hydrogens (tertiary/aromatic N) is 1. The summed E-state index contributed by atoms with van der Waals surface area (Å²) in [6, 6.07) is 15.6. The molecule has 3 N–H and O–H groups in total. The number of nitrogens with one attached hydrogen (secondary N) is 1. The van der Waals surface area contributed by atoms with Crippen LogP contribution in [0.25, 0.3) is 0 Å². The third-order valence-electron chi connectivity index (χ3n) is 3.96. The second kappa shape index (κ2) is 7.92. The van der Waals surface area contributed by atoms with Crippen LogP contribution in [0.2, 0.25) is 0 Å². The summed E-state index contributed by atoms with van der Waals surface area (Å²) < 4.78 is 0.958. The van der Waals surface area contributed by atoms with Gasteiger partial charge in [0.1, 0.15) is 5.54 Å². The van der Waals surface area contributed by atoms with Crippen LogP contribution >= 0.6 is 15.9 Å². The second-order valence-corrected chi connectivity index (χ2v) is 7.31. The number of hydrogen-bond donors (Lipinski definition) is 2. The maximum Gasteiger partial charge on any atom is 0.244 e. The molecule has 2 rings (SSSR count). The first-order chi connectivity index (χ1) is 11.3. The summed E-state index contributed by atoms with van der Waals surface area (Å²) >= 11 is 3.39. The highest BCUT2D eigenvalue weighted by Gasteiger charge is 2.30. The number of rotatable bonds is 6. The Bertz CT molecular complexity index is 696. The quantitative estimate of drug-likeness (QED) is 0.797. The minimum absolute atomic E-state index is 0.190. The van der Waals surface area contributed by atoms with Crippen molar-refractivity contribution in [1.29, 1.82) is 0 Å². The number of nitrogens with two attached hydrogens (primary N) is 1. The molecule has 2 aromatic rings. The molecule has 1 amide bonds. The van der Waals surface area contributed by atoms with Gasteiger partial charge in [0.2, 0.25) is 5.91 Å². The normalized spacial score (nSPS) is 13.6. The molecule has 0 radical (unpaired) electrons. The fourth-order valence-corrected chi connectivity index (χ4v) is 2.78. The van der Waals surface area contributed by atoms with Crippen molar-refractivity contribution < 1.29 is 4.79 Å². The van der Waals surface area contributed by atoms with Gasteiger partial charge in [0, 0.05) is 17.6 Å². The number of benzene rings is 2. The molecule has 128 valence electrons. The minimum Gasteiger partial charge on any atom is -0.350 e. The molecule has 0 spiro atoms. The lowest BCUT2D eigenvalue weighted by Crippen LogP contribution is -2.48. The number of halogens is 1. The van der Waals surface area contributed by atoms with Crippen molar-refractivity contribution in [2.45, 2.75) is 25.6 Å². The summed E-state index contributed by atoms with van der Waals surface area (Å²) in [7, 11) is 4.06. The predicted molar refractivity (Wildman–Crippen MR) is 101 cm³/mol. The van der Waals surface area contributed by atoms with Gasteiger partial charge in [-0.2, -0.15) is 0 Å².